The SMILES string of the molecule is CC=CCCC(C)CCCCCCCCC. The first-order valence-corrected chi connectivity index (χ1v) is 7.42. The van der Waals surface area contributed by atoms with E-state index in [-0.39, 0.29) is 0 Å². The maximum absolute atomic E-state index is 2.40. The van der Waals surface area contributed by atoms with Crippen LogP contribution in [0, 0.1) is 5.92 Å². The summed E-state index contributed by atoms with van der Waals surface area (Å²) >= 11 is 0. The molecule has 0 aromatic heterocycles. The van der Waals surface area contributed by atoms with E-state index in [0.29, 0.717) is 0 Å². The molecule has 0 N–H and O–H groups in total. The van der Waals surface area contributed by atoms with Gasteiger partial charge in [-0.3, -0.25) is 0 Å². The van der Waals surface area contributed by atoms with Gasteiger partial charge in [-0.2, -0.15) is 0 Å². The molecule has 0 aliphatic heterocycles. The Morgan fingerprint density at radius 3 is 2.12 bits per heavy atom. The second-order valence-corrected chi connectivity index (χ2v) is 5.16. The maximum atomic E-state index is 2.40. The van der Waals surface area contributed by atoms with Crippen molar-refractivity contribution in [2.45, 2.75) is 85.0 Å². The third kappa shape index (κ3) is 11.8. The van der Waals surface area contributed by atoms with Crippen molar-refractivity contribution < 1.29 is 0 Å². The summed E-state index contributed by atoms with van der Waals surface area (Å²) in [6.45, 7) is 6.80. The average Bonchev–Trinajstić information content (AvgIpc) is 2.28. The van der Waals surface area contributed by atoms with E-state index in [1.165, 1.54) is 64.2 Å². The van der Waals surface area contributed by atoms with Crippen LogP contribution in [0.2, 0.25) is 0 Å². The van der Waals surface area contributed by atoms with Gasteiger partial charge >= 0.3 is 0 Å². The lowest BCUT2D eigenvalue weighted by Gasteiger charge is -2.09. The minimum atomic E-state index is 0.923. The first kappa shape index (κ1) is 15.7. The Morgan fingerprint density at radius 2 is 1.50 bits per heavy atom. The Balaban J connectivity index is 3.11. The highest BCUT2D eigenvalue weighted by Crippen LogP contribution is 2.16. The molecular formula is C16H32. The summed E-state index contributed by atoms with van der Waals surface area (Å²) in [5.41, 5.74) is 0. The lowest BCUT2D eigenvalue weighted by atomic mass is 9.97. The van der Waals surface area contributed by atoms with E-state index in [0.717, 1.165) is 5.92 Å². The van der Waals surface area contributed by atoms with Crippen LogP contribution in [0.4, 0.5) is 0 Å². The quantitative estimate of drug-likeness (QED) is 0.293. The normalized spacial score (nSPS) is 13.4. The topological polar surface area (TPSA) is 0 Å². The second-order valence-electron chi connectivity index (χ2n) is 5.16. The molecule has 96 valence electrons. The van der Waals surface area contributed by atoms with E-state index in [2.05, 4.69) is 32.9 Å². The van der Waals surface area contributed by atoms with E-state index >= 15 is 0 Å². The van der Waals surface area contributed by atoms with Crippen molar-refractivity contribution in [1.82, 2.24) is 0 Å². The third-order valence-electron chi connectivity index (χ3n) is 3.36. The Hall–Kier alpha value is -0.260. The molecule has 0 heterocycles. The Bertz CT molecular complexity index is 146. The minimum absolute atomic E-state index is 0.923. The summed E-state index contributed by atoms with van der Waals surface area (Å²) in [5.74, 6) is 0.923. The fraction of sp³-hybridized carbons (Fsp3) is 0.875. The molecule has 0 fully saturated rings. The third-order valence-corrected chi connectivity index (χ3v) is 3.36. The summed E-state index contributed by atoms with van der Waals surface area (Å²) < 4.78 is 0. The molecule has 0 spiro atoms. The van der Waals surface area contributed by atoms with Gasteiger partial charge < -0.3 is 0 Å². The predicted molar refractivity (Wildman–Crippen MR) is 75.8 cm³/mol. The van der Waals surface area contributed by atoms with E-state index < -0.39 is 0 Å². The Morgan fingerprint density at radius 1 is 0.875 bits per heavy atom. The highest BCUT2D eigenvalue weighted by atomic mass is 14.1. The van der Waals surface area contributed by atoms with Crippen LogP contribution in [-0.4, -0.2) is 0 Å². The number of hydrogen-bond acceptors (Lipinski definition) is 0. The van der Waals surface area contributed by atoms with E-state index in [1.807, 2.05) is 0 Å². The van der Waals surface area contributed by atoms with Crippen LogP contribution in [0.15, 0.2) is 12.2 Å². The molecule has 0 saturated carbocycles. The smallest absolute Gasteiger partial charge is 0.0348 e. The zero-order valence-corrected chi connectivity index (χ0v) is 11.8. The summed E-state index contributed by atoms with van der Waals surface area (Å²) in [7, 11) is 0. The first-order chi connectivity index (χ1) is 7.81. The highest BCUT2D eigenvalue weighted by Gasteiger charge is 2.00. The number of rotatable bonds is 11. The molecule has 0 aromatic carbocycles. The van der Waals surface area contributed by atoms with Gasteiger partial charge in [-0.25, -0.2) is 0 Å². The van der Waals surface area contributed by atoms with Gasteiger partial charge in [0.2, 0.25) is 0 Å². The molecule has 0 bridgehead atoms. The molecule has 0 nitrogen and oxygen atoms in total. The van der Waals surface area contributed by atoms with Gasteiger partial charge in [-0.1, -0.05) is 77.4 Å². The molecule has 16 heavy (non-hydrogen) atoms. The monoisotopic (exact) mass is 224 g/mol. The maximum Gasteiger partial charge on any atom is -0.0348 e. The van der Waals surface area contributed by atoms with Crippen LogP contribution >= 0.6 is 0 Å². The van der Waals surface area contributed by atoms with Crippen molar-refractivity contribution in [3.05, 3.63) is 12.2 Å². The standard InChI is InChI=1S/C16H32/c1-4-6-8-9-10-11-13-15-16(3)14-12-7-5-2/h5,7,16H,4,6,8-15H2,1-3H3. The van der Waals surface area contributed by atoms with E-state index in [9.17, 15) is 0 Å². The lowest BCUT2D eigenvalue weighted by Crippen LogP contribution is -1.94. The summed E-state index contributed by atoms with van der Waals surface area (Å²) in [4.78, 5) is 0. The first-order valence-electron chi connectivity index (χ1n) is 7.42. The van der Waals surface area contributed by atoms with Crippen LogP contribution < -0.4 is 0 Å². The van der Waals surface area contributed by atoms with Crippen molar-refractivity contribution in [3.8, 4) is 0 Å². The fourth-order valence-corrected chi connectivity index (χ4v) is 2.14. The second kappa shape index (κ2) is 12.8. The average molecular weight is 224 g/mol. The van der Waals surface area contributed by atoms with Crippen LogP contribution in [0.5, 0.6) is 0 Å². The van der Waals surface area contributed by atoms with E-state index in [1.54, 1.807) is 0 Å². The summed E-state index contributed by atoms with van der Waals surface area (Å²) in [5, 5.41) is 0. The molecule has 1 atom stereocenters. The summed E-state index contributed by atoms with van der Waals surface area (Å²) in [6, 6.07) is 0. The zero-order valence-electron chi connectivity index (χ0n) is 11.8. The Kier molecular flexibility index (Phi) is 12.6. The van der Waals surface area contributed by atoms with Gasteiger partial charge in [0.1, 0.15) is 0 Å². The molecule has 0 saturated heterocycles. The van der Waals surface area contributed by atoms with Gasteiger partial charge in [0.25, 0.3) is 0 Å². The lowest BCUT2D eigenvalue weighted by molar-refractivity contribution is 0.458. The van der Waals surface area contributed by atoms with Crippen molar-refractivity contribution >= 4 is 0 Å². The van der Waals surface area contributed by atoms with Crippen LogP contribution in [0.1, 0.15) is 85.0 Å². The minimum Gasteiger partial charge on any atom is -0.0917 e. The summed E-state index contributed by atoms with van der Waals surface area (Å²) in [6.07, 6.45) is 18.6. The predicted octanol–water partition coefficient (Wildman–Crippen LogP) is 6.12. The molecule has 0 aromatic rings. The molecule has 0 radical (unpaired) electrons. The van der Waals surface area contributed by atoms with Gasteiger partial charge in [0, 0.05) is 0 Å². The van der Waals surface area contributed by atoms with Crippen LogP contribution in [-0.2, 0) is 0 Å². The van der Waals surface area contributed by atoms with Crippen LogP contribution in [0.3, 0.4) is 0 Å². The molecule has 0 aliphatic rings. The number of hydrogen-bond donors (Lipinski definition) is 0. The number of unbranched alkanes of at least 4 members (excludes halogenated alkanes) is 6. The van der Waals surface area contributed by atoms with Crippen molar-refractivity contribution in [3.63, 3.8) is 0 Å². The molecule has 0 aliphatic carbocycles. The van der Waals surface area contributed by atoms with E-state index in [4.69, 9.17) is 0 Å². The Labute approximate surface area is 104 Å². The fourth-order valence-electron chi connectivity index (χ4n) is 2.14. The highest BCUT2D eigenvalue weighted by molar-refractivity contribution is 4.77. The van der Waals surface area contributed by atoms with Crippen molar-refractivity contribution in [1.29, 1.82) is 0 Å². The van der Waals surface area contributed by atoms with Crippen molar-refractivity contribution in [2.24, 2.45) is 5.92 Å². The molecule has 0 amide bonds. The largest absolute Gasteiger partial charge is 0.0917 e. The van der Waals surface area contributed by atoms with Gasteiger partial charge in [0.05, 0.1) is 0 Å². The molecule has 1 unspecified atom stereocenters. The van der Waals surface area contributed by atoms with Gasteiger partial charge in [-0.15, -0.1) is 0 Å². The number of allylic oxidation sites excluding steroid dienone is 2. The van der Waals surface area contributed by atoms with Gasteiger partial charge in [0.15, 0.2) is 0 Å². The molecule has 0 heteroatoms. The molecule has 0 rings (SSSR count). The molecular weight excluding hydrogens is 192 g/mol. The van der Waals surface area contributed by atoms with Crippen LogP contribution in [0.25, 0.3) is 0 Å². The van der Waals surface area contributed by atoms with Crippen molar-refractivity contribution in [2.75, 3.05) is 0 Å². The zero-order chi connectivity index (χ0) is 12.1. The van der Waals surface area contributed by atoms with Gasteiger partial charge in [-0.05, 0) is 25.7 Å².